The van der Waals surface area contributed by atoms with Gasteiger partial charge in [-0.05, 0) is 18.6 Å². The molecule has 1 unspecified atom stereocenters. The van der Waals surface area contributed by atoms with Gasteiger partial charge in [-0.1, -0.05) is 0 Å². The minimum atomic E-state index is -1.07. The Kier molecular flexibility index (Phi) is 3.38. The van der Waals surface area contributed by atoms with Crippen molar-refractivity contribution in [3.63, 3.8) is 0 Å². The Morgan fingerprint density at radius 1 is 1.67 bits per heavy atom. The van der Waals surface area contributed by atoms with Crippen LogP contribution in [0.1, 0.15) is 17.2 Å². The molecule has 1 atom stereocenters. The predicted octanol–water partition coefficient (Wildman–Crippen LogP) is 0.604. The molecule has 5 nitrogen and oxygen atoms in total. The molecule has 0 aliphatic carbocycles. The minimum absolute atomic E-state index is 0.491. The van der Waals surface area contributed by atoms with Crippen molar-refractivity contribution in [1.29, 1.82) is 0 Å². The van der Waals surface area contributed by atoms with Crippen LogP contribution in [-0.2, 0) is 9.59 Å². The van der Waals surface area contributed by atoms with Gasteiger partial charge in [0.1, 0.15) is 0 Å². The lowest BCUT2D eigenvalue weighted by Gasteiger charge is -2.21. The Bertz CT molecular complexity index is 379. The summed E-state index contributed by atoms with van der Waals surface area (Å²) in [5.74, 6) is -1.07. The Labute approximate surface area is 87.4 Å². The van der Waals surface area contributed by atoms with Crippen LogP contribution in [0.25, 0.3) is 0 Å². The molecule has 0 aliphatic rings. The molecule has 0 radical (unpaired) electrons. The van der Waals surface area contributed by atoms with Gasteiger partial charge in [-0.3, -0.25) is 9.78 Å². The van der Waals surface area contributed by atoms with Gasteiger partial charge in [-0.2, -0.15) is 0 Å². The van der Waals surface area contributed by atoms with Crippen LogP contribution in [-0.4, -0.2) is 34.4 Å². The van der Waals surface area contributed by atoms with Crippen molar-refractivity contribution < 1.29 is 14.7 Å². The highest BCUT2D eigenvalue weighted by atomic mass is 16.4. The summed E-state index contributed by atoms with van der Waals surface area (Å²) in [6.45, 7) is 1.78. The summed E-state index contributed by atoms with van der Waals surface area (Å²) in [5, 5.41) is 9.02. The van der Waals surface area contributed by atoms with Crippen molar-refractivity contribution in [2.45, 2.75) is 13.0 Å². The lowest BCUT2D eigenvalue weighted by molar-refractivity contribution is -0.145. The first-order valence-corrected chi connectivity index (χ1v) is 4.38. The number of aryl methyl sites for hydroxylation is 1. The van der Waals surface area contributed by atoms with Crippen LogP contribution in [0.3, 0.4) is 0 Å². The smallest absolute Gasteiger partial charge is 0.331 e. The standard InChI is InChI=1S/C10H12N2O3/c1-7-3-4-11-5-8(7)9(10(14)15)12(2)6-13/h3-6,9H,1-2H3,(H,14,15). The quantitative estimate of drug-likeness (QED) is 0.736. The number of amides is 1. The van der Waals surface area contributed by atoms with Crippen LogP contribution < -0.4 is 0 Å². The van der Waals surface area contributed by atoms with E-state index in [2.05, 4.69) is 4.98 Å². The Morgan fingerprint density at radius 2 is 2.33 bits per heavy atom. The average molecular weight is 208 g/mol. The minimum Gasteiger partial charge on any atom is -0.479 e. The second-order valence-electron chi connectivity index (χ2n) is 3.24. The highest BCUT2D eigenvalue weighted by Crippen LogP contribution is 2.20. The van der Waals surface area contributed by atoms with E-state index in [1.807, 2.05) is 0 Å². The highest BCUT2D eigenvalue weighted by molar-refractivity contribution is 5.78. The molecule has 1 aromatic rings. The number of hydrogen-bond donors (Lipinski definition) is 1. The number of rotatable bonds is 4. The van der Waals surface area contributed by atoms with Crippen molar-refractivity contribution in [2.75, 3.05) is 7.05 Å². The van der Waals surface area contributed by atoms with Gasteiger partial charge >= 0.3 is 5.97 Å². The maximum Gasteiger partial charge on any atom is 0.331 e. The number of carbonyl (C=O) groups is 2. The van der Waals surface area contributed by atoms with Crippen molar-refractivity contribution in [1.82, 2.24) is 9.88 Å². The van der Waals surface area contributed by atoms with Gasteiger partial charge in [-0.15, -0.1) is 0 Å². The fourth-order valence-electron chi connectivity index (χ4n) is 1.35. The number of aromatic nitrogens is 1. The summed E-state index contributed by atoms with van der Waals surface area (Å²) >= 11 is 0. The lowest BCUT2D eigenvalue weighted by atomic mass is 10.0. The second kappa shape index (κ2) is 4.54. The molecule has 80 valence electrons. The molecule has 0 spiro atoms. The zero-order chi connectivity index (χ0) is 11.4. The van der Waals surface area contributed by atoms with Crippen LogP contribution in [0.2, 0.25) is 0 Å². The van der Waals surface area contributed by atoms with E-state index in [4.69, 9.17) is 5.11 Å². The highest BCUT2D eigenvalue weighted by Gasteiger charge is 2.25. The summed E-state index contributed by atoms with van der Waals surface area (Å²) < 4.78 is 0. The monoisotopic (exact) mass is 208 g/mol. The van der Waals surface area contributed by atoms with Gasteiger partial charge in [0.05, 0.1) is 0 Å². The van der Waals surface area contributed by atoms with Gasteiger partial charge in [0, 0.05) is 25.0 Å². The second-order valence-corrected chi connectivity index (χ2v) is 3.24. The van der Waals surface area contributed by atoms with Crippen molar-refractivity contribution in [3.8, 4) is 0 Å². The number of pyridine rings is 1. The lowest BCUT2D eigenvalue weighted by Crippen LogP contribution is -2.30. The first-order chi connectivity index (χ1) is 7.07. The van der Waals surface area contributed by atoms with Gasteiger partial charge in [0.25, 0.3) is 0 Å². The summed E-state index contributed by atoms with van der Waals surface area (Å²) in [4.78, 5) is 26.6. The molecule has 0 bridgehead atoms. The maximum absolute atomic E-state index is 11.0. The predicted molar refractivity (Wildman–Crippen MR) is 53.2 cm³/mol. The van der Waals surface area contributed by atoms with Crippen LogP contribution in [0.4, 0.5) is 0 Å². The molecule has 0 aliphatic heterocycles. The summed E-state index contributed by atoms with van der Waals surface area (Å²) in [6.07, 6.45) is 3.54. The van der Waals surface area contributed by atoms with E-state index in [0.29, 0.717) is 12.0 Å². The normalized spacial score (nSPS) is 11.9. The summed E-state index contributed by atoms with van der Waals surface area (Å²) in [5.41, 5.74) is 1.32. The third-order valence-electron chi connectivity index (χ3n) is 2.18. The first kappa shape index (κ1) is 11.2. The molecule has 0 saturated heterocycles. The van der Waals surface area contributed by atoms with E-state index in [9.17, 15) is 9.59 Å². The average Bonchev–Trinajstić information content (AvgIpc) is 2.20. The molecule has 1 N–H and O–H groups in total. The molecule has 1 heterocycles. The number of nitrogens with zero attached hydrogens (tertiary/aromatic N) is 2. The third-order valence-corrected chi connectivity index (χ3v) is 2.18. The molecule has 0 aromatic carbocycles. The topological polar surface area (TPSA) is 70.5 Å². The van der Waals surface area contributed by atoms with E-state index >= 15 is 0 Å². The number of aliphatic carboxylic acids is 1. The number of carboxylic acids is 1. The SMILES string of the molecule is Cc1ccncc1C(C(=O)O)N(C)C=O. The maximum atomic E-state index is 11.0. The fraction of sp³-hybridized carbons (Fsp3) is 0.300. The van der Waals surface area contributed by atoms with Crippen molar-refractivity contribution in [3.05, 3.63) is 29.6 Å². The Hall–Kier alpha value is -1.91. The van der Waals surface area contributed by atoms with Gasteiger partial charge in [0.15, 0.2) is 6.04 Å². The van der Waals surface area contributed by atoms with Gasteiger partial charge in [-0.25, -0.2) is 4.79 Å². The number of likely N-dealkylation sites (N-methyl/N-ethyl adjacent to an activating group) is 1. The van der Waals surface area contributed by atoms with Crippen molar-refractivity contribution in [2.24, 2.45) is 0 Å². The first-order valence-electron chi connectivity index (χ1n) is 4.38. The molecule has 1 rings (SSSR count). The fourth-order valence-corrected chi connectivity index (χ4v) is 1.35. The molecule has 5 heteroatoms. The molecule has 1 aromatic heterocycles. The van der Waals surface area contributed by atoms with E-state index < -0.39 is 12.0 Å². The van der Waals surface area contributed by atoms with Crippen LogP contribution >= 0.6 is 0 Å². The van der Waals surface area contributed by atoms with Crippen molar-refractivity contribution >= 4 is 12.4 Å². The molecule has 0 fully saturated rings. The zero-order valence-corrected chi connectivity index (χ0v) is 8.54. The van der Waals surface area contributed by atoms with Crippen LogP contribution in [0.5, 0.6) is 0 Å². The van der Waals surface area contributed by atoms with Crippen LogP contribution in [0, 0.1) is 6.92 Å². The molecule has 15 heavy (non-hydrogen) atoms. The van der Waals surface area contributed by atoms with E-state index in [1.54, 1.807) is 19.2 Å². The largest absolute Gasteiger partial charge is 0.479 e. The zero-order valence-electron chi connectivity index (χ0n) is 8.54. The molecular weight excluding hydrogens is 196 g/mol. The summed E-state index contributed by atoms with van der Waals surface area (Å²) in [6, 6.07) is 0.736. The number of carbonyl (C=O) groups excluding carboxylic acids is 1. The van der Waals surface area contributed by atoms with Gasteiger partial charge in [0.2, 0.25) is 6.41 Å². The molecule has 1 amide bonds. The van der Waals surface area contributed by atoms with Gasteiger partial charge < -0.3 is 10.0 Å². The molecule has 0 saturated carbocycles. The molecular formula is C10H12N2O3. The summed E-state index contributed by atoms with van der Waals surface area (Å²) in [7, 11) is 1.43. The number of carboxylic acid groups (broad SMARTS) is 1. The Balaban J connectivity index is 3.15. The van der Waals surface area contributed by atoms with E-state index in [1.165, 1.54) is 13.2 Å². The number of hydrogen-bond acceptors (Lipinski definition) is 3. The Morgan fingerprint density at radius 3 is 2.80 bits per heavy atom. The van der Waals surface area contributed by atoms with E-state index in [0.717, 1.165) is 10.5 Å². The third kappa shape index (κ3) is 2.31. The van der Waals surface area contributed by atoms with Crippen LogP contribution in [0.15, 0.2) is 18.5 Å². The van der Waals surface area contributed by atoms with E-state index in [-0.39, 0.29) is 0 Å².